The molecule has 0 spiro atoms. The average molecular weight is 509 g/mol. The van der Waals surface area contributed by atoms with E-state index in [9.17, 15) is 18.3 Å². The molecule has 0 bridgehead atoms. The number of allylic oxidation sites excluding steroid dienone is 2. The van der Waals surface area contributed by atoms with E-state index in [0.29, 0.717) is 49.3 Å². The lowest BCUT2D eigenvalue weighted by Crippen LogP contribution is -2.47. The van der Waals surface area contributed by atoms with Gasteiger partial charge in [0.25, 0.3) is 15.9 Å². The molecule has 2 aromatic rings. The zero-order valence-electron chi connectivity index (χ0n) is 19.9. The van der Waals surface area contributed by atoms with Crippen LogP contribution in [-0.2, 0) is 21.4 Å². The molecule has 1 unspecified atom stereocenters. The second kappa shape index (κ2) is 9.53. The lowest BCUT2D eigenvalue weighted by Gasteiger charge is -2.38. The number of carbonyl (C=O) groups excluding carboxylic acids is 1. The Bertz CT molecular complexity index is 1330. The molecule has 9 nitrogen and oxygen atoms in total. The van der Waals surface area contributed by atoms with E-state index in [1.54, 1.807) is 48.4 Å². The van der Waals surface area contributed by atoms with Gasteiger partial charge in [0.1, 0.15) is 16.7 Å². The number of piperidine rings is 1. The number of anilines is 1. The summed E-state index contributed by atoms with van der Waals surface area (Å²) in [6, 6.07) is 15.8. The molecular formula is C26H28N4O5S. The maximum Gasteiger partial charge on any atom is 0.263 e. The Morgan fingerprint density at radius 3 is 2.53 bits per heavy atom. The molecule has 1 atom stereocenters. The van der Waals surface area contributed by atoms with Crippen LogP contribution >= 0.6 is 0 Å². The van der Waals surface area contributed by atoms with Gasteiger partial charge >= 0.3 is 0 Å². The van der Waals surface area contributed by atoms with Gasteiger partial charge in [0, 0.05) is 37.8 Å². The van der Waals surface area contributed by atoms with Gasteiger partial charge in [-0.25, -0.2) is 8.42 Å². The largest absolute Gasteiger partial charge is 0.389 e. The van der Waals surface area contributed by atoms with Crippen molar-refractivity contribution in [2.24, 2.45) is 5.16 Å². The highest BCUT2D eigenvalue weighted by Crippen LogP contribution is 2.28. The van der Waals surface area contributed by atoms with Crippen LogP contribution in [0.1, 0.15) is 28.8 Å². The molecule has 1 aliphatic carbocycles. The summed E-state index contributed by atoms with van der Waals surface area (Å²) >= 11 is 0. The first-order chi connectivity index (χ1) is 17.2. The van der Waals surface area contributed by atoms with E-state index in [-0.39, 0.29) is 16.9 Å². The number of amides is 1. The Morgan fingerprint density at radius 2 is 1.83 bits per heavy atom. The van der Waals surface area contributed by atoms with Crippen molar-refractivity contribution in [3.8, 4) is 0 Å². The number of carbonyl (C=O) groups is 1. The monoisotopic (exact) mass is 508 g/mol. The van der Waals surface area contributed by atoms with Crippen LogP contribution in [0.3, 0.4) is 0 Å². The number of aliphatic hydroxyl groups is 1. The maximum atomic E-state index is 13.0. The fourth-order valence-corrected chi connectivity index (χ4v) is 5.95. The van der Waals surface area contributed by atoms with Crippen LogP contribution in [0.15, 0.2) is 82.9 Å². The summed E-state index contributed by atoms with van der Waals surface area (Å²) in [5.41, 5.74) is 1.36. The van der Waals surface area contributed by atoms with Crippen molar-refractivity contribution >= 4 is 27.3 Å². The average Bonchev–Trinajstić information content (AvgIpc) is 3.25. The zero-order valence-corrected chi connectivity index (χ0v) is 20.7. The number of hydrogen-bond acceptors (Lipinski definition) is 7. The number of likely N-dealkylation sites (tertiary alicyclic amines) is 1. The number of benzene rings is 2. The highest BCUT2D eigenvalue weighted by atomic mass is 32.2. The molecule has 1 saturated heterocycles. The minimum absolute atomic E-state index is 0.0378. The first-order valence-corrected chi connectivity index (χ1v) is 13.3. The Hall–Kier alpha value is -3.47. The van der Waals surface area contributed by atoms with Crippen LogP contribution < -0.4 is 4.72 Å². The number of oxime groups is 1. The minimum Gasteiger partial charge on any atom is -0.389 e. The van der Waals surface area contributed by atoms with Crippen LogP contribution in [0.4, 0.5) is 5.69 Å². The summed E-state index contributed by atoms with van der Waals surface area (Å²) in [4.78, 5) is 19.9. The van der Waals surface area contributed by atoms with Gasteiger partial charge in [0.15, 0.2) is 0 Å². The molecule has 0 aromatic heterocycles. The molecule has 36 heavy (non-hydrogen) atoms. The third kappa shape index (κ3) is 4.92. The molecule has 2 N–H and O–H groups in total. The molecule has 2 heterocycles. The highest BCUT2D eigenvalue weighted by molar-refractivity contribution is 7.97. The van der Waals surface area contributed by atoms with Crippen molar-refractivity contribution < 1.29 is 23.3 Å². The van der Waals surface area contributed by atoms with Crippen molar-refractivity contribution in [3.63, 3.8) is 0 Å². The van der Waals surface area contributed by atoms with Crippen molar-refractivity contribution in [2.45, 2.75) is 30.9 Å². The first kappa shape index (κ1) is 24.2. The molecule has 0 radical (unpaired) electrons. The number of nitrogens with one attached hydrogen (secondary N) is 1. The molecule has 5 rings (SSSR count). The predicted molar refractivity (Wildman–Crippen MR) is 137 cm³/mol. The Labute approximate surface area is 210 Å². The van der Waals surface area contributed by atoms with Gasteiger partial charge in [-0.2, -0.15) is 0 Å². The molecule has 0 saturated carbocycles. The van der Waals surface area contributed by atoms with Crippen molar-refractivity contribution in [1.29, 1.82) is 0 Å². The molecule has 3 aliphatic rings. The van der Waals surface area contributed by atoms with Gasteiger partial charge in [-0.1, -0.05) is 47.6 Å². The summed E-state index contributed by atoms with van der Waals surface area (Å²) in [6.07, 6.45) is 6.50. The van der Waals surface area contributed by atoms with Gasteiger partial charge in [0.2, 0.25) is 0 Å². The second-order valence-electron chi connectivity index (χ2n) is 9.33. The van der Waals surface area contributed by atoms with E-state index in [4.69, 9.17) is 4.94 Å². The molecule has 2 aliphatic heterocycles. The first-order valence-electron chi connectivity index (χ1n) is 11.8. The summed E-state index contributed by atoms with van der Waals surface area (Å²) in [6.45, 7) is 0.913. The molecular weight excluding hydrogens is 480 g/mol. The standard InChI is InChI=1S/C26H28N4O5S/c1-29-22-8-5-9-23(24(22)27-35-29)36(33,34)28-21-12-10-20(11-13-21)25(31)30-16-14-26(32,15-17-30)18-19-6-3-2-4-7-19/h2-13,22,28,32H,14-18H2,1H3. The van der Waals surface area contributed by atoms with Crippen molar-refractivity contribution in [1.82, 2.24) is 9.96 Å². The summed E-state index contributed by atoms with van der Waals surface area (Å²) in [7, 11) is -2.23. The minimum atomic E-state index is -3.91. The van der Waals surface area contributed by atoms with Crippen LogP contribution in [0.5, 0.6) is 0 Å². The number of hydrogen-bond donors (Lipinski definition) is 2. The number of likely N-dealkylation sites (N-methyl/N-ethyl adjacent to an activating group) is 1. The summed E-state index contributed by atoms with van der Waals surface area (Å²) in [5.74, 6) is -0.144. The Balaban J connectivity index is 1.21. The lowest BCUT2D eigenvalue weighted by atomic mass is 9.85. The summed E-state index contributed by atoms with van der Waals surface area (Å²) < 4.78 is 28.5. The van der Waals surface area contributed by atoms with Crippen LogP contribution in [0.25, 0.3) is 0 Å². The SMILES string of the molecule is CN1ON=C2C(S(=O)(=O)Nc3ccc(C(=O)N4CCC(O)(Cc5ccccc5)CC4)cc3)=CC=CC21. The van der Waals surface area contributed by atoms with E-state index in [2.05, 4.69) is 9.88 Å². The number of fused-ring (bicyclic) bond motifs is 1. The van der Waals surface area contributed by atoms with Crippen molar-refractivity contribution in [2.75, 3.05) is 24.9 Å². The molecule has 1 fully saturated rings. The Morgan fingerprint density at radius 1 is 1.14 bits per heavy atom. The second-order valence-corrected chi connectivity index (χ2v) is 11.0. The molecule has 10 heteroatoms. The van der Waals surface area contributed by atoms with Gasteiger partial charge in [0.05, 0.1) is 5.60 Å². The maximum absolute atomic E-state index is 13.0. The summed E-state index contributed by atoms with van der Waals surface area (Å²) in [5, 5.41) is 16.3. The van der Waals surface area contributed by atoms with Crippen LogP contribution in [0, 0.1) is 0 Å². The third-order valence-corrected chi connectivity index (χ3v) is 8.19. The van der Waals surface area contributed by atoms with Gasteiger partial charge in [-0.3, -0.25) is 14.5 Å². The quantitative estimate of drug-likeness (QED) is 0.621. The van der Waals surface area contributed by atoms with Crippen LogP contribution in [0.2, 0.25) is 0 Å². The van der Waals surface area contributed by atoms with Crippen LogP contribution in [-0.4, -0.2) is 66.9 Å². The Kier molecular flexibility index (Phi) is 6.42. The molecule has 2 aromatic carbocycles. The number of rotatable bonds is 6. The van der Waals surface area contributed by atoms with E-state index in [0.717, 1.165) is 5.56 Å². The van der Waals surface area contributed by atoms with Gasteiger partial charge in [-0.05, 0) is 48.7 Å². The zero-order chi connectivity index (χ0) is 25.3. The van der Waals surface area contributed by atoms with E-state index < -0.39 is 15.6 Å². The highest BCUT2D eigenvalue weighted by Gasteiger charge is 2.37. The van der Waals surface area contributed by atoms with E-state index in [1.165, 1.54) is 11.1 Å². The smallest absolute Gasteiger partial charge is 0.263 e. The van der Waals surface area contributed by atoms with Gasteiger partial charge < -0.3 is 10.0 Å². The fourth-order valence-electron chi connectivity index (χ4n) is 4.70. The molecule has 1 amide bonds. The molecule has 188 valence electrons. The number of nitrogens with zero attached hydrogens (tertiary/aromatic N) is 3. The topological polar surface area (TPSA) is 112 Å². The normalized spacial score (nSPS) is 21.3. The predicted octanol–water partition coefficient (Wildman–Crippen LogP) is 2.69. The fraction of sp³-hybridized carbons (Fsp3) is 0.308. The number of hydroxylamine groups is 2. The van der Waals surface area contributed by atoms with E-state index in [1.807, 2.05) is 30.3 Å². The lowest BCUT2D eigenvalue weighted by molar-refractivity contribution is -0.123. The third-order valence-electron chi connectivity index (χ3n) is 6.76. The van der Waals surface area contributed by atoms with E-state index >= 15 is 0 Å². The van der Waals surface area contributed by atoms with Crippen molar-refractivity contribution in [3.05, 3.63) is 88.9 Å². The van der Waals surface area contributed by atoms with Gasteiger partial charge in [-0.15, -0.1) is 5.06 Å². The number of sulfonamides is 1.